The van der Waals surface area contributed by atoms with Crippen LogP contribution in [0.4, 0.5) is 11.4 Å². The van der Waals surface area contributed by atoms with E-state index in [0.717, 1.165) is 18.8 Å². The van der Waals surface area contributed by atoms with E-state index in [9.17, 15) is 0 Å². The smallest absolute Gasteiger partial charge is 0.133 e. The normalized spacial score (nSPS) is 24.6. The van der Waals surface area contributed by atoms with Crippen LogP contribution in [0.3, 0.4) is 0 Å². The zero-order chi connectivity index (χ0) is 8.84. The van der Waals surface area contributed by atoms with E-state index in [4.69, 9.17) is 5.73 Å². The molecule has 0 spiro atoms. The minimum absolute atomic E-state index is 0.441. The summed E-state index contributed by atoms with van der Waals surface area (Å²) in [6, 6.07) is 6.14. The summed E-state index contributed by atoms with van der Waals surface area (Å²) in [6.07, 6.45) is 0. The Balaban J connectivity index is 2.09. The van der Waals surface area contributed by atoms with Gasteiger partial charge in [0, 0.05) is 23.7 Å². The first-order valence-electron chi connectivity index (χ1n) is 4.41. The van der Waals surface area contributed by atoms with Gasteiger partial charge in [0.15, 0.2) is 0 Å². The fourth-order valence-electron chi connectivity index (χ4n) is 1.87. The summed E-state index contributed by atoms with van der Waals surface area (Å²) in [5.41, 5.74) is 8.34. The van der Waals surface area contributed by atoms with E-state index in [1.165, 1.54) is 10.6 Å². The number of nitrogens with zero attached hydrogens (tertiary/aromatic N) is 1. The average molecular weight is 193 g/mol. The maximum Gasteiger partial charge on any atom is 0.133 e. The number of anilines is 2. The van der Waals surface area contributed by atoms with Crippen molar-refractivity contribution in [2.75, 3.05) is 23.7 Å². The third kappa shape index (κ3) is 1.02. The predicted molar refractivity (Wildman–Crippen MR) is 55.8 cm³/mol. The molecule has 2 aliphatic rings. The molecule has 1 aromatic carbocycles. The van der Waals surface area contributed by atoms with Gasteiger partial charge in [-0.25, -0.2) is 0 Å². The van der Waals surface area contributed by atoms with Crippen molar-refractivity contribution in [1.82, 2.24) is 5.32 Å². The summed E-state index contributed by atoms with van der Waals surface area (Å²) >= 11 is 1.87. The summed E-state index contributed by atoms with van der Waals surface area (Å²) in [6.45, 7) is 2.17. The summed E-state index contributed by atoms with van der Waals surface area (Å²) in [5, 5.41) is 3.43. The van der Waals surface area contributed by atoms with Crippen LogP contribution in [0.5, 0.6) is 0 Å². The second-order valence-corrected chi connectivity index (χ2v) is 4.47. The number of rotatable bonds is 0. The van der Waals surface area contributed by atoms with E-state index < -0.39 is 0 Å². The van der Waals surface area contributed by atoms with Gasteiger partial charge in [0.1, 0.15) is 5.50 Å². The third-order valence-corrected chi connectivity index (χ3v) is 3.73. The van der Waals surface area contributed by atoms with Gasteiger partial charge in [0.2, 0.25) is 0 Å². The number of fused-ring (bicyclic) bond motifs is 3. The first kappa shape index (κ1) is 7.53. The van der Waals surface area contributed by atoms with E-state index in [1.807, 2.05) is 17.8 Å². The molecule has 0 bridgehead atoms. The molecule has 0 aromatic heterocycles. The molecule has 0 saturated carbocycles. The maximum atomic E-state index is 5.76. The molecule has 0 amide bonds. The second-order valence-electron chi connectivity index (χ2n) is 3.34. The second kappa shape index (κ2) is 2.56. The van der Waals surface area contributed by atoms with Crippen LogP contribution in [0, 0.1) is 0 Å². The van der Waals surface area contributed by atoms with Crippen molar-refractivity contribution in [3.63, 3.8) is 0 Å². The number of benzene rings is 1. The minimum atomic E-state index is 0.441. The van der Waals surface area contributed by atoms with E-state index >= 15 is 0 Å². The summed E-state index contributed by atoms with van der Waals surface area (Å²) < 4.78 is 0. The molecule has 2 aliphatic heterocycles. The molecule has 1 fully saturated rings. The van der Waals surface area contributed by atoms with Crippen molar-refractivity contribution in [1.29, 1.82) is 0 Å². The van der Waals surface area contributed by atoms with Gasteiger partial charge in [-0.1, -0.05) is 11.8 Å². The van der Waals surface area contributed by atoms with Crippen LogP contribution in [-0.2, 0) is 0 Å². The maximum absolute atomic E-state index is 5.76. The van der Waals surface area contributed by atoms with E-state index in [1.54, 1.807) is 0 Å². The Morgan fingerprint density at radius 3 is 3.38 bits per heavy atom. The molecular formula is C9H11N3S. The van der Waals surface area contributed by atoms with Crippen molar-refractivity contribution in [2.45, 2.75) is 10.4 Å². The van der Waals surface area contributed by atoms with Gasteiger partial charge in [-0.2, -0.15) is 0 Å². The van der Waals surface area contributed by atoms with Gasteiger partial charge in [-0.05, 0) is 18.2 Å². The van der Waals surface area contributed by atoms with E-state index in [2.05, 4.69) is 22.3 Å². The number of hydrogen-bond acceptors (Lipinski definition) is 4. The Bertz CT molecular complexity index is 353. The summed E-state index contributed by atoms with van der Waals surface area (Å²) in [7, 11) is 0. The molecule has 1 unspecified atom stereocenters. The molecule has 3 N–H and O–H groups in total. The lowest BCUT2D eigenvalue weighted by Crippen LogP contribution is -2.28. The van der Waals surface area contributed by atoms with Gasteiger partial charge in [0.25, 0.3) is 0 Å². The highest BCUT2D eigenvalue weighted by molar-refractivity contribution is 8.00. The van der Waals surface area contributed by atoms with Crippen molar-refractivity contribution in [3.8, 4) is 0 Å². The van der Waals surface area contributed by atoms with Gasteiger partial charge in [0.05, 0.1) is 5.69 Å². The van der Waals surface area contributed by atoms with Crippen LogP contribution in [0.25, 0.3) is 0 Å². The molecule has 1 saturated heterocycles. The monoisotopic (exact) mass is 193 g/mol. The molecule has 1 aromatic rings. The highest BCUT2D eigenvalue weighted by atomic mass is 32.2. The number of nitrogen functional groups attached to an aromatic ring is 1. The van der Waals surface area contributed by atoms with Gasteiger partial charge in [-0.15, -0.1) is 0 Å². The van der Waals surface area contributed by atoms with Gasteiger partial charge < -0.3 is 10.6 Å². The van der Waals surface area contributed by atoms with Crippen molar-refractivity contribution in [3.05, 3.63) is 18.2 Å². The van der Waals surface area contributed by atoms with Crippen molar-refractivity contribution >= 4 is 23.1 Å². The Kier molecular flexibility index (Phi) is 1.48. The first-order valence-corrected chi connectivity index (χ1v) is 5.29. The molecule has 68 valence electrons. The van der Waals surface area contributed by atoms with Crippen LogP contribution in [-0.4, -0.2) is 18.6 Å². The molecule has 3 rings (SSSR count). The SMILES string of the molecule is Nc1ccc2c(c1)N1CCNC1S2. The van der Waals surface area contributed by atoms with Crippen LogP contribution in [0.15, 0.2) is 23.1 Å². The molecule has 13 heavy (non-hydrogen) atoms. The zero-order valence-electron chi connectivity index (χ0n) is 7.16. The molecule has 4 heteroatoms. The number of hydrogen-bond donors (Lipinski definition) is 2. The zero-order valence-corrected chi connectivity index (χ0v) is 7.97. The van der Waals surface area contributed by atoms with Crippen LogP contribution in [0.1, 0.15) is 0 Å². The van der Waals surface area contributed by atoms with Crippen molar-refractivity contribution in [2.24, 2.45) is 0 Å². The van der Waals surface area contributed by atoms with Crippen LogP contribution < -0.4 is 16.0 Å². The molecule has 3 nitrogen and oxygen atoms in total. The van der Waals surface area contributed by atoms with E-state index in [0.29, 0.717) is 5.50 Å². The lowest BCUT2D eigenvalue weighted by atomic mass is 10.2. The van der Waals surface area contributed by atoms with Crippen molar-refractivity contribution < 1.29 is 0 Å². The lowest BCUT2D eigenvalue weighted by molar-refractivity contribution is 0.810. The Morgan fingerprint density at radius 1 is 1.54 bits per heavy atom. The first-order chi connectivity index (χ1) is 6.34. The number of thioether (sulfide) groups is 1. The molecule has 0 radical (unpaired) electrons. The topological polar surface area (TPSA) is 41.3 Å². The third-order valence-electron chi connectivity index (χ3n) is 2.49. The molecule has 0 aliphatic carbocycles. The minimum Gasteiger partial charge on any atom is -0.399 e. The summed E-state index contributed by atoms with van der Waals surface area (Å²) in [4.78, 5) is 3.71. The number of nitrogens with one attached hydrogen (secondary N) is 1. The average Bonchev–Trinajstić information content (AvgIpc) is 2.64. The fraction of sp³-hybridized carbons (Fsp3) is 0.333. The van der Waals surface area contributed by atoms with Crippen LogP contribution in [0.2, 0.25) is 0 Å². The van der Waals surface area contributed by atoms with E-state index in [-0.39, 0.29) is 0 Å². The lowest BCUT2D eigenvalue weighted by Gasteiger charge is -2.16. The largest absolute Gasteiger partial charge is 0.399 e. The standard InChI is InChI=1S/C9H11N3S/c10-6-1-2-8-7(5-6)12-4-3-11-9(12)13-8/h1-2,5,9,11H,3-4,10H2. The molecule has 2 heterocycles. The predicted octanol–water partition coefficient (Wildman–Crippen LogP) is 1.07. The summed E-state index contributed by atoms with van der Waals surface area (Å²) in [5.74, 6) is 0. The quantitative estimate of drug-likeness (QED) is 0.605. The Labute approximate surface area is 81.3 Å². The van der Waals surface area contributed by atoms with Gasteiger partial charge >= 0.3 is 0 Å². The Hall–Kier alpha value is -0.870. The number of nitrogens with two attached hydrogens (primary N) is 1. The van der Waals surface area contributed by atoms with Crippen LogP contribution >= 0.6 is 11.8 Å². The molecule has 1 atom stereocenters. The highest BCUT2D eigenvalue weighted by Crippen LogP contribution is 2.44. The Morgan fingerprint density at radius 2 is 2.46 bits per heavy atom. The fourth-order valence-corrected chi connectivity index (χ4v) is 3.10. The molecular weight excluding hydrogens is 182 g/mol. The van der Waals surface area contributed by atoms with Gasteiger partial charge in [-0.3, -0.25) is 5.32 Å². The highest BCUT2D eigenvalue weighted by Gasteiger charge is 2.33.